The summed E-state index contributed by atoms with van der Waals surface area (Å²) in [6.07, 6.45) is 0.257. The molecular weight excluding hydrogens is 276 g/mol. The smallest absolute Gasteiger partial charge is 0.219 e. The topological polar surface area (TPSA) is 73.6 Å². The molecule has 0 saturated carbocycles. The van der Waals surface area contributed by atoms with Crippen molar-refractivity contribution in [2.75, 3.05) is 38.3 Å². The van der Waals surface area contributed by atoms with Gasteiger partial charge in [-0.25, -0.2) is 0 Å². The summed E-state index contributed by atoms with van der Waals surface area (Å²) in [6, 6.07) is 0. The van der Waals surface area contributed by atoms with E-state index in [1.54, 1.807) is 0 Å². The Labute approximate surface area is 104 Å². The van der Waals surface area contributed by atoms with Gasteiger partial charge in [0.05, 0.1) is 26.4 Å². The molecule has 0 aliphatic heterocycles. The maximum atomic E-state index is 10.4. The van der Waals surface area contributed by atoms with E-state index in [9.17, 15) is 4.79 Å². The van der Waals surface area contributed by atoms with Crippen molar-refractivity contribution in [3.63, 3.8) is 0 Å². The average Bonchev–Trinajstić information content (AvgIpc) is 2.26. The van der Waals surface area contributed by atoms with Crippen molar-refractivity contribution in [2.45, 2.75) is 6.42 Å². The van der Waals surface area contributed by atoms with Crippen LogP contribution in [-0.2, 0) is 14.3 Å². The van der Waals surface area contributed by atoms with Gasteiger partial charge in [0.15, 0.2) is 0 Å². The van der Waals surface area contributed by atoms with Crippen LogP contribution in [0.15, 0.2) is 12.3 Å². The van der Waals surface area contributed by atoms with Gasteiger partial charge in [-0.15, -0.1) is 0 Å². The average molecular weight is 295 g/mol. The minimum Gasteiger partial charge on any atom is -0.386 e. The molecule has 94 valence electrons. The zero-order valence-corrected chi connectivity index (χ0v) is 10.9. The zero-order chi connectivity index (χ0) is 12.2. The SMILES string of the molecule is C=C(CBr)NCCOCCOCCC(N)=O. The first-order valence-electron chi connectivity index (χ1n) is 5.08. The fourth-order valence-electron chi connectivity index (χ4n) is 0.842. The second-order valence-corrected chi connectivity index (χ2v) is 3.67. The van der Waals surface area contributed by atoms with Crippen molar-refractivity contribution in [2.24, 2.45) is 5.73 Å². The van der Waals surface area contributed by atoms with Crippen LogP contribution >= 0.6 is 15.9 Å². The summed E-state index contributed by atoms with van der Waals surface area (Å²) in [5.41, 5.74) is 5.88. The second kappa shape index (κ2) is 10.9. The number of rotatable bonds is 11. The molecule has 0 bridgehead atoms. The Hall–Kier alpha value is -0.590. The van der Waals surface area contributed by atoms with Gasteiger partial charge in [0.2, 0.25) is 5.91 Å². The summed E-state index contributed by atoms with van der Waals surface area (Å²) in [4.78, 5) is 10.4. The lowest BCUT2D eigenvalue weighted by Gasteiger charge is -2.07. The lowest BCUT2D eigenvalue weighted by atomic mass is 10.4. The summed E-state index contributed by atoms with van der Waals surface area (Å²) in [7, 11) is 0. The molecule has 0 atom stereocenters. The number of hydrogen-bond donors (Lipinski definition) is 2. The largest absolute Gasteiger partial charge is 0.386 e. The van der Waals surface area contributed by atoms with Gasteiger partial charge in [0, 0.05) is 24.0 Å². The number of ether oxygens (including phenoxy) is 2. The van der Waals surface area contributed by atoms with Crippen LogP contribution in [0, 0.1) is 0 Å². The van der Waals surface area contributed by atoms with E-state index in [-0.39, 0.29) is 12.3 Å². The Bertz CT molecular complexity index is 212. The lowest BCUT2D eigenvalue weighted by molar-refractivity contribution is -0.119. The van der Waals surface area contributed by atoms with Crippen molar-refractivity contribution >= 4 is 21.8 Å². The highest BCUT2D eigenvalue weighted by Crippen LogP contribution is 1.89. The Kier molecular flexibility index (Phi) is 10.5. The number of alkyl halides is 1. The van der Waals surface area contributed by atoms with Gasteiger partial charge in [-0.1, -0.05) is 22.5 Å². The first-order valence-corrected chi connectivity index (χ1v) is 6.20. The van der Waals surface area contributed by atoms with E-state index in [0.29, 0.717) is 26.4 Å². The number of carbonyl (C=O) groups excluding carboxylic acids is 1. The van der Waals surface area contributed by atoms with E-state index in [0.717, 1.165) is 17.6 Å². The second-order valence-electron chi connectivity index (χ2n) is 3.11. The Morgan fingerprint density at radius 3 is 2.44 bits per heavy atom. The van der Waals surface area contributed by atoms with E-state index < -0.39 is 0 Å². The number of primary amides is 1. The number of amides is 1. The van der Waals surface area contributed by atoms with Gasteiger partial charge in [0.25, 0.3) is 0 Å². The number of allylic oxidation sites excluding steroid dienone is 1. The molecule has 0 spiro atoms. The van der Waals surface area contributed by atoms with Gasteiger partial charge in [0.1, 0.15) is 0 Å². The molecular formula is C10H19BrN2O3. The third kappa shape index (κ3) is 11.5. The predicted octanol–water partition coefficient (Wildman–Crippen LogP) is 0.393. The van der Waals surface area contributed by atoms with Gasteiger partial charge in [-0.05, 0) is 0 Å². The number of nitrogens with one attached hydrogen (secondary N) is 1. The highest BCUT2D eigenvalue weighted by Gasteiger charge is 1.94. The molecule has 0 aliphatic carbocycles. The molecule has 0 fully saturated rings. The van der Waals surface area contributed by atoms with Crippen molar-refractivity contribution in [3.05, 3.63) is 12.3 Å². The Morgan fingerprint density at radius 1 is 1.25 bits per heavy atom. The van der Waals surface area contributed by atoms with Gasteiger partial charge in [-0.2, -0.15) is 0 Å². The first kappa shape index (κ1) is 15.4. The minimum atomic E-state index is -0.349. The molecule has 6 heteroatoms. The van der Waals surface area contributed by atoms with E-state index in [1.807, 2.05) is 0 Å². The van der Waals surface area contributed by atoms with Crippen molar-refractivity contribution in [3.8, 4) is 0 Å². The zero-order valence-electron chi connectivity index (χ0n) is 9.34. The number of halogens is 1. The maximum absolute atomic E-state index is 10.4. The molecule has 0 aromatic rings. The highest BCUT2D eigenvalue weighted by atomic mass is 79.9. The number of nitrogens with two attached hydrogens (primary N) is 1. The molecule has 0 aromatic carbocycles. The molecule has 0 rings (SSSR count). The van der Waals surface area contributed by atoms with Crippen LogP contribution in [-0.4, -0.2) is 44.2 Å². The normalized spacial score (nSPS) is 10.1. The van der Waals surface area contributed by atoms with E-state index in [4.69, 9.17) is 15.2 Å². The van der Waals surface area contributed by atoms with Crippen molar-refractivity contribution in [1.29, 1.82) is 0 Å². The van der Waals surface area contributed by atoms with Gasteiger partial charge < -0.3 is 20.5 Å². The van der Waals surface area contributed by atoms with Crippen LogP contribution in [0.25, 0.3) is 0 Å². The summed E-state index contributed by atoms with van der Waals surface area (Å²) in [5.74, 6) is -0.349. The summed E-state index contributed by atoms with van der Waals surface area (Å²) in [5, 5.41) is 3.82. The van der Waals surface area contributed by atoms with Crippen LogP contribution in [0.4, 0.5) is 0 Å². The predicted molar refractivity (Wildman–Crippen MR) is 66.4 cm³/mol. The van der Waals surface area contributed by atoms with Crippen molar-refractivity contribution < 1.29 is 14.3 Å². The standard InChI is InChI=1S/C10H19BrN2O3/c1-9(8-11)13-3-5-16-7-6-15-4-2-10(12)14/h13H,1-8H2,(H2,12,14). The molecule has 0 aromatic heterocycles. The lowest BCUT2D eigenvalue weighted by Crippen LogP contribution is -2.20. The van der Waals surface area contributed by atoms with Gasteiger partial charge in [-0.3, -0.25) is 4.79 Å². The number of carbonyl (C=O) groups is 1. The molecule has 0 saturated heterocycles. The van der Waals surface area contributed by atoms with Gasteiger partial charge >= 0.3 is 0 Å². The van der Waals surface area contributed by atoms with E-state index >= 15 is 0 Å². The number of hydrogen-bond acceptors (Lipinski definition) is 4. The summed E-state index contributed by atoms with van der Waals surface area (Å²) in [6.45, 7) is 6.45. The molecule has 0 unspecified atom stereocenters. The fraction of sp³-hybridized carbons (Fsp3) is 0.700. The molecule has 0 radical (unpaired) electrons. The van der Waals surface area contributed by atoms with Crippen molar-refractivity contribution in [1.82, 2.24) is 5.32 Å². The molecule has 5 nitrogen and oxygen atoms in total. The first-order chi connectivity index (χ1) is 7.66. The third-order valence-corrected chi connectivity index (χ3v) is 2.32. The van der Waals surface area contributed by atoms with Crippen LogP contribution in [0.1, 0.15) is 6.42 Å². The minimum absolute atomic E-state index is 0.257. The molecule has 1 amide bonds. The molecule has 0 aliphatic rings. The Morgan fingerprint density at radius 2 is 1.88 bits per heavy atom. The quantitative estimate of drug-likeness (QED) is 0.427. The summed E-state index contributed by atoms with van der Waals surface area (Å²) < 4.78 is 10.4. The molecule has 16 heavy (non-hydrogen) atoms. The van der Waals surface area contributed by atoms with Crippen LogP contribution in [0.5, 0.6) is 0 Å². The van der Waals surface area contributed by atoms with E-state index in [1.165, 1.54) is 0 Å². The van der Waals surface area contributed by atoms with E-state index in [2.05, 4.69) is 27.8 Å². The molecule has 0 heterocycles. The van der Waals surface area contributed by atoms with Crippen LogP contribution in [0.3, 0.4) is 0 Å². The maximum Gasteiger partial charge on any atom is 0.219 e. The third-order valence-electron chi connectivity index (χ3n) is 1.65. The van der Waals surface area contributed by atoms with Crippen LogP contribution < -0.4 is 11.1 Å². The summed E-state index contributed by atoms with van der Waals surface area (Å²) >= 11 is 3.28. The highest BCUT2D eigenvalue weighted by molar-refractivity contribution is 9.09. The van der Waals surface area contributed by atoms with Crippen LogP contribution in [0.2, 0.25) is 0 Å². The fourth-order valence-corrected chi connectivity index (χ4v) is 1.04. The monoisotopic (exact) mass is 294 g/mol. The molecule has 3 N–H and O–H groups in total. The Balaban J connectivity index is 3.04.